The van der Waals surface area contributed by atoms with Crippen molar-refractivity contribution in [1.29, 1.82) is 0 Å². The molecule has 0 unspecified atom stereocenters. The average molecular weight is 277 g/mol. The fourth-order valence-corrected chi connectivity index (χ4v) is 1.62. The van der Waals surface area contributed by atoms with E-state index in [4.69, 9.17) is 27.9 Å². The van der Waals surface area contributed by atoms with E-state index in [0.29, 0.717) is 28.9 Å². The molecule has 17 heavy (non-hydrogen) atoms. The summed E-state index contributed by atoms with van der Waals surface area (Å²) in [5.41, 5.74) is 0.551. The van der Waals surface area contributed by atoms with Crippen LogP contribution in [-0.4, -0.2) is 32.7 Å². The zero-order chi connectivity index (χ0) is 12.7. The van der Waals surface area contributed by atoms with Crippen molar-refractivity contribution < 1.29 is 9.53 Å². The molecule has 0 heterocycles. The second-order valence-electron chi connectivity index (χ2n) is 3.34. The molecule has 0 aromatic heterocycles. The Morgan fingerprint density at radius 1 is 1.41 bits per heavy atom. The Hall–Kier alpha value is -0.810. The molecule has 1 aromatic rings. The largest absolute Gasteiger partial charge is 0.383 e. The van der Waals surface area contributed by atoms with E-state index in [9.17, 15) is 4.79 Å². The van der Waals surface area contributed by atoms with Gasteiger partial charge in [-0.3, -0.25) is 4.79 Å². The van der Waals surface area contributed by atoms with Crippen LogP contribution in [-0.2, 0) is 9.53 Å². The monoisotopic (exact) mass is 276 g/mol. The van der Waals surface area contributed by atoms with E-state index in [1.165, 1.54) is 0 Å². The maximum Gasteiger partial charge on any atom is 0.238 e. The van der Waals surface area contributed by atoms with Gasteiger partial charge in [0.25, 0.3) is 0 Å². The van der Waals surface area contributed by atoms with Gasteiger partial charge in [0, 0.05) is 18.7 Å². The molecule has 1 rings (SSSR count). The van der Waals surface area contributed by atoms with Gasteiger partial charge >= 0.3 is 0 Å². The topological polar surface area (TPSA) is 50.4 Å². The Morgan fingerprint density at radius 3 is 2.82 bits per heavy atom. The average Bonchev–Trinajstić information content (AvgIpc) is 2.28. The summed E-state index contributed by atoms with van der Waals surface area (Å²) in [6.45, 7) is 1.40. The zero-order valence-electron chi connectivity index (χ0n) is 9.43. The Labute approximate surface area is 110 Å². The van der Waals surface area contributed by atoms with Gasteiger partial charge in [-0.15, -0.1) is 0 Å². The molecule has 6 heteroatoms. The number of carbonyl (C=O) groups excluding carboxylic acids is 1. The minimum absolute atomic E-state index is 0.162. The molecule has 0 bridgehead atoms. The quantitative estimate of drug-likeness (QED) is 0.783. The molecule has 0 saturated heterocycles. The zero-order valence-corrected chi connectivity index (χ0v) is 10.9. The number of methoxy groups -OCH3 is 1. The van der Waals surface area contributed by atoms with Gasteiger partial charge < -0.3 is 15.4 Å². The van der Waals surface area contributed by atoms with E-state index in [1.54, 1.807) is 25.3 Å². The summed E-state index contributed by atoms with van der Waals surface area (Å²) in [5.74, 6) is -0.162. The maximum atomic E-state index is 11.5. The number of carbonyl (C=O) groups is 1. The second-order valence-corrected chi connectivity index (χ2v) is 4.19. The van der Waals surface area contributed by atoms with Gasteiger partial charge in [-0.05, 0) is 18.2 Å². The van der Waals surface area contributed by atoms with Crippen LogP contribution in [0.3, 0.4) is 0 Å². The van der Waals surface area contributed by atoms with E-state index in [-0.39, 0.29) is 12.5 Å². The van der Waals surface area contributed by atoms with E-state index in [0.717, 1.165) is 0 Å². The molecular weight excluding hydrogens is 263 g/mol. The first kappa shape index (κ1) is 14.3. The molecule has 0 radical (unpaired) electrons. The molecule has 0 atom stereocenters. The van der Waals surface area contributed by atoms with Crippen LogP contribution in [0.25, 0.3) is 0 Å². The summed E-state index contributed by atoms with van der Waals surface area (Å²) in [7, 11) is 1.61. The third kappa shape index (κ3) is 5.37. The summed E-state index contributed by atoms with van der Waals surface area (Å²) >= 11 is 11.7. The van der Waals surface area contributed by atoms with Crippen LogP contribution in [0.1, 0.15) is 0 Å². The number of anilines is 1. The standard InChI is InChI=1S/C11H14Cl2N2O2/c1-17-5-4-14-7-11(16)15-10-3-2-8(12)6-9(10)13/h2-3,6,14H,4-5,7H2,1H3,(H,15,16). The van der Waals surface area contributed by atoms with Crippen molar-refractivity contribution in [3.05, 3.63) is 28.2 Å². The maximum absolute atomic E-state index is 11.5. The van der Waals surface area contributed by atoms with Crippen molar-refractivity contribution >= 4 is 34.8 Å². The lowest BCUT2D eigenvalue weighted by Gasteiger charge is -2.08. The number of rotatable bonds is 6. The van der Waals surface area contributed by atoms with Crippen LogP contribution in [0, 0.1) is 0 Å². The molecule has 0 fully saturated rings. The van der Waals surface area contributed by atoms with E-state index >= 15 is 0 Å². The lowest BCUT2D eigenvalue weighted by Crippen LogP contribution is -2.30. The SMILES string of the molecule is COCCNCC(=O)Nc1ccc(Cl)cc1Cl. The van der Waals surface area contributed by atoms with Crippen molar-refractivity contribution in [3.63, 3.8) is 0 Å². The number of hydrogen-bond acceptors (Lipinski definition) is 3. The molecule has 0 aliphatic rings. The van der Waals surface area contributed by atoms with Gasteiger partial charge in [-0.2, -0.15) is 0 Å². The van der Waals surface area contributed by atoms with Crippen LogP contribution in [0.4, 0.5) is 5.69 Å². The number of hydrogen-bond donors (Lipinski definition) is 2. The molecule has 0 aliphatic heterocycles. The molecule has 0 saturated carbocycles. The predicted molar refractivity (Wildman–Crippen MR) is 69.8 cm³/mol. The van der Waals surface area contributed by atoms with Crippen LogP contribution in [0.5, 0.6) is 0 Å². The smallest absolute Gasteiger partial charge is 0.238 e. The lowest BCUT2D eigenvalue weighted by molar-refractivity contribution is -0.115. The van der Waals surface area contributed by atoms with Crippen molar-refractivity contribution in [2.24, 2.45) is 0 Å². The minimum atomic E-state index is -0.162. The number of amides is 1. The lowest BCUT2D eigenvalue weighted by atomic mass is 10.3. The van der Waals surface area contributed by atoms with Gasteiger partial charge in [0.1, 0.15) is 0 Å². The fourth-order valence-electron chi connectivity index (χ4n) is 1.16. The van der Waals surface area contributed by atoms with Gasteiger partial charge in [-0.1, -0.05) is 23.2 Å². The van der Waals surface area contributed by atoms with Gasteiger partial charge in [0.2, 0.25) is 5.91 Å². The third-order valence-corrected chi connectivity index (χ3v) is 2.52. The number of ether oxygens (including phenoxy) is 1. The van der Waals surface area contributed by atoms with Gasteiger partial charge in [0.05, 0.1) is 23.9 Å². The highest BCUT2D eigenvalue weighted by Crippen LogP contribution is 2.25. The van der Waals surface area contributed by atoms with Crippen molar-refractivity contribution in [3.8, 4) is 0 Å². The van der Waals surface area contributed by atoms with E-state index in [1.807, 2.05) is 0 Å². The molecule has 1 amide bonds. The summed E-state index contributed by atoms with van der Waals surface area (Å²) in [4.78, 5) is 11.5. The van der Waals surface area contributed by atoms with Crippen LogP contribution in [0.2, 0.25) is 10.0 Å². The molecular formula is C11H14Cl2N2O2. The first-order valence-corrected chi connectivity index (χ1v) is 5.83. The molecule has 0 spiro atoms. The molecule has 1 aromatic carbocycles. The van der Waals surface area contributed by atoms with E-state index in [2.05, 4.69) is 10.6 Å². The normalized spacial score (nSPS) is 10.3. The predicted octanol–water partition coefficient (Wildman–Crippen LogP) is 2.17. The molecule has 94 valence electrons. The van der Waals surface area contributed by atoms with Crippen molar-refractivity contribution in [2.45, 2.75) is 0 Å². The van der Waals surface area contributed by atoms with Gasteiger partial charge in [-0.25, -0.2) is 0 Å². The number of benzene rings is 1. The molecule has 2 N–H and O–H groups in total. The van der Waals surface area contributed by atoms with Crippen LogP contribution < -0.4 is 10.6 Å². The highest BCUT2D eigenvalue weighted by atomic mass is 35.5. The summed E-state index contributed by atoms with van der Waals surface area (Å²) < 4.78 is 4.84. The highest BCUT2D eigenvalue weighted by molar-refractivity contribution is 6.36. The Balaban J connectivity index is 2.40. The minimum Gasteiger partial charge on any atom is -0.383 e. The fraction of sp³-hybridized carbons (Fsp3) is 0.364. The Morgan fingerprint density at radius 2 is 2.18 bits per heavy atom. The Bertz CT molecular complexity index is 386. The summed E-state index contributed by atoms with van der Waals surface area (Å²) in [6, 6.07) is 4.91. The first-order chi connectivity index (χ1) is 8.13. The Kier molecular flexibility index (Phi) is 6.29. The van der Waals surface area contributed by atoms with E-state index < -0.39 is 0 Å². The van der Waals surface area contributed by atoms with Gasteiger partial charge in [0.15, 0.2) is 0 Å². The number of halogens is 2. The number of nitrogens with one attached hydrogen (secondary N) is 2. The first-order valence-electron chi connectivity index (χ1n) is 5.08. The second kappa shape index (κ2) is 7.50. The van der Waals surface area contributed by atoms with Crippen molar-refractivity contribution in [2.75, 3.05) is 32.1 Å². The van der Waals surface area contributed by atoms with Crippen molar-refractivity contribution in [1.82, 2.24) is 5.32 Å². The molecule has 0 aliphatic carbocycles. The summed E-state index contributed by atoms with van der Waals surface area (Å²) in [6.07, 6.45) is 0. The molecule has 4 nitrogen and oxygen atoms in total. The van der Waals surface area contributed by atoms with Crippen LogP contribution in [0.15, 0.2) is 18.2 Å². The summed E-state index contributed by atoms with van der Waals surface area (Å²) in [5, 5.41) is 6.57. The van der Waals surface area contributed by atoms with Crippen LogP contribution >= 0.6 is 23.2 Å². The third-order valence-electron chi connectivity index (χ3n) is 1.97. The highest BCUT2D eigenvalue weighted by Gasteiger charge is 2.05.